The molecular weight excluding hydrogens is 407 g/mol. The second-order valence-corrected chi connectivity index (χ2v) is 6.85. The molecule has 6 heteroatoms. The number of aliphatic imine (C=N–C) groups is 1. The Labute approximate surface area is 182 Å². The molecule has 2 aromatic rings. The van der Waals surface area contributed by atoms with Crippen LogP contribution in [0.5, 0.6) is 0 Å². The number of esters is 1. The Balaban J connectivity index is 0.00000300. The topological polar surface area (TPSA) is 50.7 Å². The number of hydrogen-bond donors (Lipinski definition) is 1. The van der Waals surface area contributed by atoms with Gasteiger partial charge in [-0.1, -0.05) is 48.0 Å². The molecule has 1 N–H and O–H groups in total. The quantitative estimate of drug-likeness (QED) is 0.433. The summed E-state index contributed by atoms with van der Waals surface area (Å²) in [7, 11) is 0. The summed E-state index contributed by atoms with van der Waals surface area (Å²) >= 11 is 6.66. The Kier molecular flexibility index (Phi) is 8.97. The van der Waals surface area contributed by atoms with E-state index in [4.69, 9.17) is 16.3 Å². The van der Waals surface area contributed by atoms with Crippen molar-refractivity contribution in [2.75, 3.05) is 11.9 Å². The molecule has 1 aliphatic rings. The second kappa shape index (κ2) is 11.4. The van der Waals surface area contributed by atoms with Gasteiger partial charge in [-0.3, -0.25) is 9.79 Å². The zero-order chi connectivity index (χ0) is 19.8. The van der Waals surface area contributed by atoms with Crippen LogP contribution in [0.25, 0.3) is 0 Å². The molecule has 0 spiro atoms. The van der Waals surface area contributed by atoms with E-state index in [1.807, 2.05) is 73.8 Å². The number of para-hydroxylation sites is 2. The highest BCUT2D eigenvalue weighted by atomic mass is 35.5. The maximum atomic E-state index is 12.4. The van der Waals surface area contributed by atoms with Crippen molar-refractivity contribution in [3.05, 3.63) is 83.0 Å². The summed E-state index contributed by atoms with van der Waals surface area (Å²) in [4.78, 5) is 16.9. The van der Waals surface area contributed by atoms with Crippen LogP contribution in [0, 0.1) is 5.92 Å². The largest absolute Gasteiger partial charge is 0.466 e. The zero-order valence-corrected chi connectivity index (χ0v) is 17.7. The van der Waals surface area contributed by atoms with Gasteiger partial charge in [0, 0.05) is 23.1 Å². The second-order valence-electron chi connectivity index (χ2n) is 6.47. The van der Waals surface area contributed by atoms with E-state index in [-0.39, 0.29) is 24.3 Å². The highest BCUT2D eigenvalue weighted by Crippen LogP contribution is 2.36. The van der Waals surface area contributed by atoms with Gasteiger partial charge in [-0.15, -0.1) is 12.4 Å². The highest BCUT2D eigenvalue weighted by Gasteiger charge is 2.29. The molecule has 0 saturated carbocycles. The molecule has 1 unspecified atom stereocenters. The van der Waals surface area contributed by atoms with Crippen molar-refractivity contribution in [1.29, 1.82) is 0 Å². The number of carbonyl (C=O) groups is 1. The van der Waals surface area contributed by atoms with Crippen molar-refractivity contribution in [2.24, 2.45) is 10.9 Å². The maximum absolute atomic E-state index is 12.4. The minimum Gasteiger partial charge on any atom is -0.466 e. The molecular formula is C23H24Cl2N2O2. The van der Waals surface area contributed by atoms with Gasteiger partial charge in [0.15, 0.2) is 0 Å². The van der Waals surface area contributed by atoms with Crippen molar-refractivity contribution in [2.45, 2.75) is 19.8 Å². The fourth-order valence-corrected chi connectivity index (χ4v) is 3.28. The fourth-order valence-electron chi connectivity index (χ4n) is 3.02. The van der Waals surface area contributed by atoms with E-state index < -0.39 is 0 Å². The standard InChI is InChI=1S/C23H23ClN2O2.ClH/c1-2-28-23(27)17-13-18(15-25-20-9-5-3-6-10-20)22(24)19(14-17)16-26-21-11-7-4-8-12-21;/h3-12,15-17,25H,2,13-14H2,1H3;1H. The number of allylic oxidation sites excluding steroid dienone is 3. The van der Waals surface area contributed by atoms with Crippen molar-refractivity contribution in [1.82, 2.24) is 0 Å². The normalized spacial score (nSPS) is 17.9. The summed E-state index contributed by atoms with van der Waals surface area (Å²) < 4.78 is 5.24. The molecule has 152 valence electrons. The average molecular weight is 431 g/mol. The molecule has 0 bridgehead atoms. The molecule has 4 nitrogen and oxygen atoms in total. The van der Waals surface area contributed by atoms with Gasteiger partial charge < -0.3 is 10.1 Å². The first-order valence-electron chi connectivity index (χ1n) is 9.32. The molecule has 0 heterocycles. The summed E-state index contributed by atoms with van der Waals surface area (Å²) in [5.74, 6) is -0.480. The van der Waals surface area contributed by atoms with Gasteiger partial charge >= 0.3 is 5.97 Å². The molecule has 1 aliphatic carbocycles. The van der Waals surface area contributed by atoms with Gasteiger partial charge in [-0.05, 0) is 55.2 Å². The number of anilines is 1. The van der Waals surface area contributed by atoms with E-state index in [1.54, 1.807) is 6.21 Å². The molecule has 0 saturated heterocycles. The molecule has 0 aliphatic heterocycles. The molecule has 2 aromatic carbocycles. The van der Waals surface area contributed by atoms with Gasteiger partial charge in [0.25, 0.3) is 0 Å². The Morgan fingerprint density at radius 2 is 1.79 bits per heavy atom. The Bertz CT molecular complexity index is 894. The molecule has 3 rings (SSSR count). The van der Waals surface area contributed by atoms with E-state index in [0.29, 0.717) is 24.5 Å². The predicted molar refractivity (Wildman–Crippen MR) is 122 cm³/mol. The third-order valence-corrected chi connectivity index (χ3v) is 4.91. The van der Waals surface area contributed by atoms with E-state index in [2.05, 4.69) is 10.3 Å². The number of rotatable bonds is 6. The first-order chi connectivity index (χ1) is 13.7. The molecule has 0 fully saturated rings. The highest BCUT2D eigenvalue weighted by molar-refractivity contribution is 6.34. The number of nitrogens with one attached hydrogen (secondary N) is 1. The summed E-state index contributed by atoms with van der Waals surface area (Å²) in [5, 5.41) is 3.88. The Morgan fingerprint density at radius 3 is 2.45 bits per heavy atom. The number of ether oxygens (including phenoxy) is 1. The lowest BCUT2D eigenvalue weighted by Gasteiger charge is -2.24. The van der Waals surface area contributed by atoms with E-state index in [1.165, 1.54) is 0 Å². The van der Waals surface area contributed by atoms with Crippen molar-refractivity contribution >= 4 is 47.6 Å². The number of nitrogens with zero attached hydrogens (tertiary/aromatic N) is 1. The predicted octanol–water partition coefficient (Wildman–Crippen LogP) is 6.27. The Hall–Kier alpha value is -2.56. The summed E-state index contributed by atoms with van der Waals surface area (Å²) in [5.41, 5.74) is 3.49. The van der Waals surface area contributed by atoms with Crippen LogP contribution >= 0.6 is 24.0 Å². The fraction of sp³-hybridized carbons (Fsp3) is 0.217. The number of benzene rings is 2. The van der Waals surface area contributed by atoms with Crippen molar-refractivity contribution in [3.8, 4) is 0 Å². The average Bonchev–Trinajstić information content (AvgIpc) is 2.73. The van der Waals surface area contributed by atoms with Crippen LogP contribution in [0.3, 0.4) is 0 Å². The van der Waals surface area contributed by atoms with Crippen LogP contribution in [0.1, 0.15) is 19.8 Å². The van der Waals surface area contributed by atoms with E-state index in [9.17, 15) is 4.79 Å². The van der Waals surface area contributed by atoms with Gasteiger partial charge in [0.2, 0.25) is 0 Å². The lowest BCUT2D eigenvalue weighted by molar-refractivity contribution is -0.147. The monoisotopic (exact) mass is 430 g/mol. The number of carbonyl (C=O) groups excluding carboxylic acids is 1. The SMILES string of the molecule is CCOC(=O)C1CC(=CNc2ccccc2)C(Cl)=C(C=Nc2ccccc2)C1.Cl. The van der Waals surface area contributed by atoms with Gasteiger partial charge in [-0.2, -0.15) is 0 Å². The van der Waals surface area contributed by atoms with Gasteiger partial charge in [0.05, 0.1) is 18.2 Å². The van der Waals surface area contributed by atoms with Gasteiger partial charge in [-0.25, -0.2) is 0 Å². The van der Waals surface area contributed by atoms with E-state index >= 15 is 0 Å². The lowest BCUT2D eigenvalue weighted by Crippen LogP contribution is -2.23. The van der Waals surface area contributed by atoms with E-state index in [0.717, 1.165) is 22.5 Å². The third-order valence-electron chi connectivity index (χ3n) is 4.43. The first kappa shape index (κ1) is 22.7. The van der Waals surface area contributed by atoms with Crippen LogP contribution in [0.15, 0.2) is 88.0 Å². The van der Waals surface area contributed by atoms with Crippen LogP contribution in [-0.2, 0) is 9.53 Å². The number of halogens is 2. The minimum absolute atomic E-state index is 0. The summed E-state index contributed by atoms with van der Waals surface area (Å²) in [6.07, 6.45) is 4.65. The van der Waals surface area contributed by atoms with Crippen LogP contribution in [0.2, 0.25) is 0 Å². The van der Waals surface area contributed by atoms with Crippen molar-refractivity contribution in [3.63, 3.8) is 0 Å². The molecule has 0 aromatic heterocycles. The van der Waals surface area contributed by atoms with Crippen LogP contribution in [0.4, 0.5) is 11.4 Å². The molecule has 29 heavy (non-hydrogen) atoms. The summed E-state index contributed by atoms with van der Waals surface area (Å²) in [6.45, 7) is 2.18. The smallest absolute Gasteiger partial charge is 0.309 e. The molecule has 1 atom stereocenters. The minimum atomic E-state index is -0.275. The molecule has 0 amide bonds. The Morgan fingerprint density at radius 1 is 1.14 bits per heavy atom. The summed E-state index contributed by atoms with van der Waals surface area (Å²) in [6, 6.07) is 19.5. The van der Waals surface area contributed by atoms with Crippen molar-refractivity contribution < 1.29 is 9.53 Å². The lowest BCUT2D eigenvalue weighted by atomic mass is 9.86. The first-order valence-corrected chi connectivity index (χ1v) is 9.70. The van der Waals surface area contributed by atoms with Gasteiger partial charge in [0.1, 0.15) is 0 Å². The van der Waals surface area contributed by atoms with Crippen LogP contribution < -0.4 is 5.32 Å². The number of hydrogen-bond acceptors (Lipinski definition) is 4. The maximum Gasteiger partial charge on any atom is 0.309 e. The zero-order valence-electron chi connectivity index (χ0n) is 16.2. The molecule has 0 radical (unpaired) electrons. The van der Waals surface area contributed by atoms with Crippen LogP contribution in [-0.4, -0.2) is 18.8 Å². The third kappa shape index (κ3) is 6.48.